The molecule has 24 heavy (non-hydrogen) atoms. The number of nitrogens with zero attached hydrogens (tertiary/aromatic N) is 3. The summed E-state index contributed by atoms with van der Waals surface area (Å²) in [5.41, 5.74) is 7.33. The maximum absolute atomic E-state index is 12.5. The van der Waals surface area contributed by atoms with Crippen LogP contribution in [0.5, 0.6) is 0 Å². The number of carbonyl (C=O) groups is 1. The number of hydrogen-bond acceptors (Lipinski definition) is 4. The maximum Gasteiger partial charge on any atom is 0.281 e. The van der Waals surface area contributed by atoms with Crippen LogP contribution in [0.25, 0.3) is 0 Å². The van der Waals surface area contributed by atoms with Crippen molar-refractivity contribution >= 4 is 23.0 Å². The average molecular weight is 342 g/mol. The normalized spacial score (nSPS) is 21.4. The van der Waals surface area contributed by atoms with Gasteiger partial charge in [0.25, 0.3) is 5.91 Å². The van der Waals surface area contributed by atoms with Gasteiger partial charge in [-0.15, -0.1) is 11.3 Å². The first kappa shape index (κ1) is 15.6. The van der Waals surface area contributed by atoms with Crippen LogP contribution in [0.3, 0.4) is 0 Å². The maximum atomic E-state index is 12.5. The van der Waals surface area contributed by atoms with Gasteiger partial charge in [0.1, 0.15) is 0 Å². The molecule has 126 valence electrons. The van der Waals surface area contributed by atoms with Crippen molar-refractivity contribution in [3.05, 3.63) is 38.8 Å². The minimum atomic E-state index is -0.0921. The summed E-state index contributed by atoms with van der Waals surface area (Å²) in [4.78, 5) is 14.6. The van der Waals surface area contributed by atoms with Crippen LogP contribution in [0.2, 0.25) is 0 Å². The number of amides is 1. The van der Waals surface area contributed by atoms with E-state index in [0.717, 1.165) is 54.2 Å². The summed E-state index contributed by atoms with van der Waals surface area (Å²) in [6, 6.07) is 2.06. The molecule has 5 nitrogen and oxygen atoms in total. The molecule has 2 aliphatic rings. The van der Waals surface area contributed by atoms with Crippen LogP contribution in [-0.4, -0.2) is 21.4 Å². The lowest BCUT2D eigenvalue weighted by molar-refractivity contribution is 0.0958. The van der Waals surface area contributed by atoms with Crippen molar-refractivity contribution in [2.24, 2.45) is 18.1 Å². The quantitative estimate of drug-likeness (QED) is 0.853. The van der Waals surface area contributed by atoms with Gasteiger partial charge in [0.2, 0.25) is 0 Å². The Labute approximate surface area is 145 Å². The highest BCUT2D eigenvalue weighted by atomic mass is 32.1. The summed E-state index contributed by atoms with van der Waals surface area (Å²) in [6.07, 6.45) is 8.22. The van der Waals surface area contributed by atoms with Crippen LogP contribution in [0.15, 0.2) is 17.4 Å². The van der Waals surface area contributed by atoms with Crippen molar-refractivity contribution in [2.45, 2.75) is 45.4 Å². The van der Waals surface area contributed by atoms with Gasteiger partial charge in [-0.25, -0.2) is 5.43 Å². The molecule has 1 unspecified atom stereocenters. The molecule has 2 heterocycles. The third-order valence-corrected chi connectivity index (χ3v) is 6.28. The predicted octanol–water partition coefficient (Wildman–Crippen LogP) is 3.08. The second-order valence-corrected chi connectivity index (χ2v) is 8.03. The Hall–Kier alpha value is -1.95. The van der Waals surface area contributed by atoms with E-state index in [0.29, 0.717) is 0 Å². The first-order chi connectivity index (χ1) is 11.6. The summed E-state index contributed by atoms with van der Waals surface area (Å²) in [5, 5.41) is 8.72. The molecule has 2 aromatic heterocycles. The number of rotatable bonds is 2. The summed E-state index contributed by atoms with van der Waals surface area (Å²) >= 11 is 1.62. The molecule has 0 spiro atoms. The minimum absolute atomic E-state index is 0.0921. The lowest BCUT2D eigenvalue weighted by Crippen LogP contribution is -2.21. The van der Waals surface area contributed by atoms with Crippen molar-refractivity contribution in [1.29, 1.82) is 0 Å². The standard InChI is InChI=1S/C18H22N4OS/c1-11-6-7-16-12(8-11)9-17(24-16)18(23)21-20-14-4-3-5-15-13(14)10-19-22(15)2/h9-11H,3-8H2,1-2H3,(H,21,23)/b20-14-. The van der Waals surface area contributed by atoms with Gasteiger partial charge in [0.05, 0.1) is 16.8 Å². The molecule has 0 fully saturated rings. The predicted molar refractivity (Wildman–Crippen MR) is 95.7 cm³/mol. The van der Waals surface area contributed by atoms with Crippen molar-refractivity contribution in [3.8, 4) is 0 Å². The van der Waals surface area contributed by atoms with Crippen LogP contribution in [0.4, 0.5) is 0 Å². The monoisotopic (exact) mass is 342 g/mol. The summed E-state index contributed by atoms with van der Waals surface area (Å²) in [7, 11) is 1.96. The molecule has 0 aliphatic heterocycles. The van der Waals surface area contributed by atoms with E-state index in [1.807, 2.05) is 17.9 Å². The van der Waals surface area contributed by atoms with E-state index >= 15 is 0 Å². The summed E-state index contributed by atoms with van der Waals surface area (Å²) < 4.78 is 1.90. The van der Waals surface area contributed by atoms with Crippen LogP contribution in [0, 0.1) is 5.92 Å². The van der Waals surface area contributed by atoms with E-state index in [-0.39, 0.29) is 5.91 Å². The lowest BCUT2D eigenvalue weighted by atomic mass is 9.90. The Kier molecular flexibility index (Phi) is 4.00. The fraction of sp³-hybridized carbons (Fsp3) is 0.500. The van der Waals surface area contributed by atoms with Gasteiger partial charge in [-0.1, -0.05) is 6.92 Å². The van der Waals surface area contributed by atoms with E-state index in [9.17, 15) is 4.79 Å². The number of carbonyl (C=O) groups excluding carboxylic acids is 1. The topological polar surface area (TPSA) is 59.3 Å². The average Bonchev–Trinajstić information content (AvgIpc) is 3.16. The highest BCUT2D eigenvalue weighted by molar-refractivity contribution is 7.14. The molecule has 0 radical (unpaired) electrons. The third-order valence-electron chi connectivity index (χ3n) is 5.05. The fourth-order valence-electron chi connectivity index (χ4n) is 3.67. The molecular weight excluding hydrogens is 320 g/mol. The molecule has 1 N–H and O–H groups in total. The summed E-state index contributed by atoms with van der Waals surface area (Å²) in [6.45, 7) is 2.28. The number of aryl methyl sites for hydroxylation is 2. The number of aromatic nitrogens is 2. The molecule has 2 aliphatic carbocycles. The first-order valence-corrected chi connectivity index (χ1v) is 9.43. The van der Waals surface area contributed by atoms with E-state index in [1.165, 1.54) is 22.6 Å². The first-order valence-electron chi connectivity index (χ1n) is 8.61. The molecule has 4 rings (SSSR count). The van der Waals surface area contributed by atoms with Crippen LogP contribution in [-0.2, 0) is 26.3 Å². The Morgan fingerprint density at radius 1 is 1.42 bits per heavy atom. The zero-order valence-corrected chi connectivity index (χ0v) is 14.9. The van der Waals surface area contributed by atoms with Gasteiger partial charge in [-0.2, -0.15) is 10.2 Å². The third kappa shape index (κ3) is 2.79. The second-order valence-electron chi connectivity index (χ2n) is 6.89. The molecule has 0 aromatic carbocycles. The SMILES string of the molecule is CC1CCc2sc(C(=O)N/N=C3/CCCc4c3cnn4C)cc2C1. The molecule has 2 aromatic rings. The summed E-state index contributed by atoms with van der Waals surface area (Å²) in [5.74, 6) is 0.625. The Morgan fingerprint density at radius 2 is 2.29 bits per heavy atom. The van der Waals surface area contributed by atoms with Crippen molar-refractivity contribution in [1.82, 2.24) is 15.2 Å². The van der Waals surface area contributed by atoms with Gasteiger partial charge in [-0.3, -0.25) is 9.48 Å². The van der Waals surface area contributed by atoms with Crippen molar-refractivity contribution in [2.75, 3.05) is 0 Å². The van der Waals surface area contributed by atoms with Gasteiger partial charge in [0.15, 0.2) is 0 Å². The second kappa shape index (κ2) is 6.16. The smallest absolute Gasteiger partial charge is 0.272 e. The van der Waals surface area contributed by atoms with Crippen molar-refractivity contribution < 1.29 is 4.79 Å². The fourth-order valence-corrected chi connectivity index (χ4v) is 4.76. The molecule has 0 saturated carbocycles. The zero-order chi connectivity index (χ0) is 16.7. The highest BCUT2D eigenvalue weighted by Crippen LogP contribution is 2.32. The van der Waals surface area contributed by atoms with Gasteiger partial charge in [-0.05, 0) is 56.1 Å². The molecular formula is C18H22N4OS. The highest BCUT2D eigenvalue weighted by Gasteiger charge is 2.22. The van der Waals surface area contributed by atoms with Gasteiger partial charge < -0.3 is 0 Å². The molecule has 6 heteroatoms. The van der Waals surface area contributed by atoms with E-state index < -0.39 is 0 Å². The lowest BCUT2D eigenvalue weighted by Gasteiger charge is -2.16. The number of nitrogens with one attached hydrogen (secondary N) is 1. The molecule has 1 amide bonds. The van der Waals surface area contributed by atoms with E-state index in [2.05, 4.69) is 28.6 Å². The van der Waals surface area contributed by atoms with E-state index in [1.54, 1.807) is 11.3 Å². The number of hydrogen-bond donors (Lipinski definition) is 1. The van der Waals surface area contributed by atoms with Crippen molar-refractivity contribution in [3.63, 3.8) is 0 Å². The van der Waals surface area contributed by atoms with Crippen LogP contribution in [0.1, 0.15) is 57.6 Å². The van der Waals surface area contributed by atoms with Gasteiger partial charge >= 0.3 is 0 Å². The Morgan fingerprint density at radius 3 is 3.17 bits per heavy atom. The van der Waals surface area contributed by atoms with Gasteiger partial charge in [0, 0.05) is 23.2 Å². The Balaban J connectivity index is 1.51. The molecule has 0 bridgehead atoms. The minimum Gasteiger partial charge on any atom is -0.272 e. The van der Waals surface area contributed by atoms with Crippen LogP contribution >= 0.6 is 11.3 Å². The van der Waals surface area contributed by atoms with Crippen LogP contribution < -0.4 is 5.43 Å². The van der Waals surface area contributed by atoms with E-state index in [4.69, 9.17) is 0 Å². The molecule has 0 saturated heterocycles. The Bertz CT molecular complexity index is 817. The largest absolute Gasteiger partial charge is 0.281 e. The molecule has 1 atom stereocenters. The number of hydrazone groups is 1. The zero-order valence-electron chi connectivity index (χ0n) is 14.1. The number of thiophene rings is 1. The number of fused-ring (bicyclic) bond motifs is 2.